The van der Waals surface area contributed by atoms with Gasteiger partial charge in [-0.25, -0.2) is 8.42 Å². The Kier molecular flexibility index (Phi) is 4.29. The van der Waals surface area contributed by atoms with E-state index in [1.54, 1.807) is 31.2 Å². The highest BCUT2D eigenvalue weighted by molar-refractivity contribution is 7.92. The minimum atomic E-state index is -3.77. The molecule has 0 saturated heterocycles. The molecule has 2 rings (SSSR count). The summed E-state index contributed by atoms with van der Waals surface area (Å²) in [5.41, 5.74) is 7.13. The minimum Gasteiger partial charge on any atom is -0.497 e. The maximum Gasteiger partial charge on any atom is 0.262 e. The second kappa shape index (κ2) is 5.83. The van der Waals surface area contributed by atoms with Gasteiger partial charge in [-0.15, -0.1) is 0 Å². The van der Waals surface area contributed by atoms with Crippen LogP contribution in [-0.2, 0) is 10.0 Å². The van der Waals surface area contributed by atoms with E-state index >= 15 is 0 Å². The zero-order valence-electron chi connectivity index (χ0n) is 11.6. The molecule has 7 heteroatoms. The molecule has 0 radical (unpaired) electrons. The van der Waals surface area contributed by atoms with E-state index in [4.69, 9.17) is 22.1 Å². The first-order valence-corrected chi connectivity index (χ1v) is 7.92. The minimum absolute atomic E-state index is 0.0124. The monoisotopic (exact) mass is 326 g/mol. The summed E-state index contributed by atoms with van der Waals surface area (Å²) in [6.45, 7) is 1.73. The molecule has 2 aromatic carbocycles. The number of nitrogen functional groups attached to an aromatic ring is 1. The number of nitrogens with two attached hydrogens (primary N) is 1. The summed E-state index contributed by atoms with van der Waals surface area (Å²) >= 11 is 5.98. The van der Waals surface area contributed by atoms with E-state index in [2.05, 4.69) is 4.72 Å². The van der Waals surface area contributed by atoms with Crippen molar-refractivity contribution in [3.63, 3.8) is 0 Å². The Hall–Kier alpha value is -1.92. The molecule has 2 aromatic rings. The van der Waals surface area contributed by atoms with E-state index in [1.165, 1.54) is 19.2 Å². The quantitative estimate of drug-likeness (QED) is 0.846. The number of anilines is 2. The lowest BCUT2D eigenvalue weighted by atomic mass is 10.2. The van der Waals surface area contributed by atoms with E-state index in [0.29, 0.717) is 27.7 Å². The molecule has 0 aliphatic carbocycles. The second-order valence-corrected chi connectivity index (χ2v) is 6.55. The molecular weight excluding hydrogens is 312 g/mol. The number of hydrogen-bond acceptors (Lipinski definition) is 4. The molecular formula is C14H15ClN2O3S. The Morgan fingerprint density at radius 3 is 2.57 bits per heavy atom. The predicted octanol–water partition coefficient (Wildman–Crippen LogP) is 3.04. The van der Waals surface area contributed by atoms with Crippen LogP contribution in [0.15, 0.2) is 41.3 Å². The summed E-state index contributed by atoms with van der Waals surface area (Å²) in [7, 11) is -2.26. The molecule has 0 saturated carbocycles. The van der Waals surface area contributed by atoms with Crippen LogP contribution in [0.25, 0.3) is 0 Å². The van der Waals surface area contributed by atoms with Crippen LogP contribution in [0.3, 0.4) is 0 Å². The van der Waals surface area contributed by atoms with Crippen LogP contribution in [0, 0.1) is 6.92 Å². The molecule has 0 amide bonds. The molecule has 0 spiro atoms. The molecule has 0 fully saturated rings. The lowest BCUT2D eigenvalue weighted by Crippen LogP contribution is -2.13. The molecule has 0 bridgehead atoms. The summed E-state index contributed by atoms with van der Waals surface area (Å²) in [6.07, 6.45) is 0. The van der Waals surface area contributed by atoms with Crippen molar-refractivity contribution >= 4 is 33.0 Å². The standard InChI is InChI=1S/C14H15ClN2O3S/c1-9-13(15)7-12(8-14(9)16)21(18,19)17-10-4-3-5-11(6-10)20-2/h3-8,17H,16H2,1-2H3. The summed E-state index contributed by atoms with van der Waals surface area (Å²) in [5, 5.41) is 0.306. The van der Waals surface area contributed by atoms with Crippen molar-refractivity contribution in [1.29, 1.82) is 0 Å². The number of nitrogens with one attached hydrogen (secondary N) is 1. The Morgan fingerprint density at radius 2 is 1.95 bits per heavy atom. The van der Waals surface area contributed by atoms with Crippen LogP contribution < -0.4 is 15.2 Å². The van der Waals surface area contributed by atoms with Crippen molar-refractivity contribution in [2.45, 2.75) is 11.8 Å². The maximum absolute atomic E-state index is 12.4. The predicted molar refractivity (Wildman–Crippen MR) is 84.4 cm³/mol. The maximum atomic E-state index is 12.4. The number of sulfonamides is 1. The Labute approximate surface area is 128 Å². The number of rotatable bonds is 4. The van der Waals surface area contributed by atoms with E-state index in [1.807, 2.05) is 0 Å². The van der Waals surface area contributed by atoms with Crippen molar-refractivity contribution in [1.82, 2.24) is 0 Å². The average molecular weight is 327 g/mol. The van der Waals surface area contributed by atoms with Gasteiger partial charge in [0.05, 0.1) is 17.7 Å². The molecule has 0 aromatic heterocycles. The Morgan fingerprint density at radius 1 is 1.24 bits per heavy atom. The van der Waals surface area contributed by atoms with E-state index in [-0.39, 0.29) is 4.90 Å². The van der Waals surface area contributed by atoms with Gasteiger partial charge < -0.3 is 10.5 Å². The molecule has 5 nitrogen and oxygen atoms in total. The molecule has 0 heterocycles. The first-order valence-electron chi connectivity index (χ1n) is 6.06. The van der Waals surface area contributed by atoms with Crippen molar-refractivity contribution in [2.24, 2.45) is 0 Å². The van der Waals surface area contributed by atoms with Gasteiger partial charge in [0.25, 0.3) is 10.0 Å². The van der Waals surface area contributed by atoms with Gasteiger partial charge in [-0.1, -0.05) is 17.7 Å². The fraction of sp³-hybridized carbons (Fsp3) is 0.143. The van der Waals surface area contributed by atoms with Crippen LogP contribution in [0.1, 0.15) is 5.56 Å². The van der Waals surface area contributed by atoms with Crippen molar-refractivity contribution in [3.8, 4) is 5.75 Å². The summed E-state index contributed by atoms with van der Waals surface area (Å²) in [5.74, 6) is 0.552. The number of benzene rings is 2. The van der Waals surface area contributed by atoms with Gasteiger partial charge in [-0.05, 0) is 36.8 Å². The SMILES string of the molecule is COc1cccc(NS(=O)(=O)c2cc(N)c(C)c(Cl)c2)c1. The van der Waals surface area contributed by atoms with Crippen LogP contribution >= 0.6 is 11.6 Å². The van der Waals surface area contributed by atoms with E-state index in [0.717, 1.165) is 0 Å². The second-order valence-electron chi connectivity index (χ2n) is 4.46. The lowest BCUT2D eigenvalue weighted by Gasteiger charge is -2.11. The molecule has 3 N–H and O–H groups in total. The molecule has 112 valence electrons. The Balaban J connectivity index is 2.38. The molecule has 0 atom stereocenters. The Bertz CT molecular complexity index is 753. The van der Waals surface area contributed by atoms with Crippen molar-refractivity contribution in [3.05, 3.63) is 47.0 Å². The lowest BCUT2D eigenvalue weighted by molar-refractivity contribution is 0.415. The summed E-state index contributed by atoms with van der Waals surface area (Å²) in [4.78, 5) is 0.0124. The van der Waals surface area contributed by atoms with Crippen molar-refractivity contribution in [2.75, 3.05) is 17.6 Å². The highest BCUT2D eigenvalue weighted by Gasteiger charge is 2.17. The molecule has 21 heavy (non-hydrogen) atoms. The number of ether oxygens (including phenoxy) is 1. The zero-order chi connectivity index (χ0) is 15.6. The topological polar surface area (TPSA) is 81.4 Å². The van der Waals surface area contributed by atoms with Crippen LogP contribution in [0.2, 0.25) is 5.02 Å². The molecule has 0 aliphatic rings. The van der Waals surface area contributed by atoms with Gasteiger partial charge in [0.1, 0.15) is 5.75 Å². The van der Waals surface area contributed by atoms with Gasteiger partial charge in [0.15, 0.2) is 0 Å². The summed E-state index contributed by atoms with van der Waals surface area (Å²) < 4.78 is 32.2. The highest BCUT2D eigenvalue weighted by Crippen LogP contribution is 2.27. The van der Waals surface area contributed by atoms with Gasteiger partial charge in [0, 0.05) is 16.8 Å². The third kappa shape index (κ3) is 3.40. The number of halogens is 1. The molecule has 0 aliphatic heterocycles. The van der Waals surface area contributed by atoms with Crippen molar-refractivity contribution < 1.29 is 13.2 Å². The van der Waals surface area contributed by atoms with Crippen LogP contribution in [0.4, 0.5) is 11.4 Å². The third-order valence-electron chi connectivity index (χ3n) is 2.99. The first-order chi connectivity index (χ1) is 9.83. The van der Waals surface area contributed by atoms with Gasteiger partial charge in [-0.3, -0.25) is 4.72 Å². The van der Waals surface area contributed by atoms with Gasteiger partial charge >= 0.3 is 0 Å². The number of methoxy groups -OCH3 is 1. The number of hydrogen-bond donors (Lipinski definition) is 2. The van der Waals surface area contributed by atoms with Crippen LogP contribution in [-0.4, -0.2) is 15.5 Å². The van der Waals surface area contributed by atoms with E-state index < -0.39 is 10.0 Å². The normalized spacial score (nSPS) is 11.2. The van der Waals surface area contributed by atoms with Gasteiger partial charge in [-0.2, -0.15) is 0 Å². The average Bonchev–Trinajstić information content (AvgIpc) is 2.44. The zero-order valence-corrected chi connectivity index (χ0v) is 13.1. The first kappa shape index (κ1) is 15.5. The third-order valence-corrected chi connectivity index (χ3v) is 4.74. The largest absolute Gasteiger partial charge is 0.497 e. The smallest absolute Gasteiger partial charge is 0.262 e. The van der Waals surface area contributed by atoms with E-state index in [9.17, 15) is 8.42 Å². The van der Waals surface area contributed by atoms with Crippen LogP contribution in [0.5, 0.6) is 5.75 Å². The van der Waals surface area contributed by atoms with Gasteiger partial charge in [0.2, 0.25) is 0 Å². The molecule has 0 unspecified atom stereocenters. The fourth-order valence-electron chi connectivity index (χ4n) is 1.73. The highest BCUT2D eigenvalue weighted by atomic mass is 35.5. The fourth-order valence-corrected chi connectivity index (χ4v) is 3.13. The summed E-state index contributed by atoms with van der Waals surface area (Å²) in [6, 6.07) is 9.36.